The normalized spacial score (nSPS) is 19.0. The first-order valence-electron chi connectivity index (χ1n) is 7.00. The third kappa shape index (κ3) is 3.34. The molecule has 0 aromatic carbocycles. The van der Waals surface area contributed by atoms with Crippen molar-refractivity contribution in [1.29, 1.82) is 0 Å². The number of carboxylic acids is 1. The maximum Gasteiger partial charge on any atom is 0.328 e. The molecule has 1 aliphatic carbocycles. The molecule has 0 fully saturated rings. The zero-order chi connectivity index (χ0) is 15.6. The summed E-state index contributed by atoms with van der Waals surface area (Å²) in [4.78, 5) is 28.5. The van der Waals surface area contributed by atoms with Crippen LogP contribution in [0.1, 0.15) is 43.2 Å². The van der Waals surface area contributed by atoms with Crippen molar-refractivity contribution in [1.82, 2.24) is 4.98 Å². The van der Waals surface area contributed by atoms with E-state index < -0.39 is 17.9 Å². The fourth-order valence-corrected chi connectivity index (χ4v) is 3.58. The molecular formula is C14H20N2O4S. The lowest BCUT2D eigenvalue weighted by Gasteiger charge is -2.19. The minimum atomic E-state index is -0.832. The molecule has 116 valence electrons. The van der Waals surface area contributed by atoms with Gasteiger partial charge in [-0.1, -0.05) is 13.8 Å². The number of carbonyl (C=O) groups excluding carboxylic acids is 1. The van der Waals surface area contributed by atoms with E-state index in [1.54, 1.807) is 0 Å². The number of methoxy groups -OCH3 is 1. The van der Waals surface area contributed by atoms with Crippen LogP contribution in [0.25, 0.3) is 0 Å². The minimum Gasteiger partial charge on any atom is -0.481 e. The highest BCUT2D eigenvalue weighted by atomic mass is 32.1. The molecule has 0 amide bonds. The molecule has 2 N–H and O–H groups in total. The molecule has 1 aliphatic rings. The fraction of sp³-hybridized carbons (Fsp3) is 0.643. The van der Waals surface area contributed by atoms with Crippen molar-refractivity contribution in [2.24, 2.45) is 5.92 Å². The summed E-state index contributed by atoms with van der Waals surface area (Å²) in [5.41, 5.74) is 0.647. The first kappa shape index (κ1) is 15.8. The average molecular weight is 312 g/mol. The van der Waals surface area contributed by atoms with Gasteiger partial charge in [0.1, 0.15) is 12.0 Å². The molecule has 0 bridgehead atoms. The summed E-state index contributed by atoms with van der Waals surface area (Å²) in [5.74, 6) is -1.65. The zero-order valence-electron chi connectivity index (χ0n) is 12.4. The predicted octanol–water partition coefficient (Wildman–Crippen LogP) is 2.26. The van der Waals surface area contributed by atoms with Gasteiger partial charge in [0, 0.05) is 4.88 Å². The van der Waals surface area contributed by atoms with Crippen molar-refractivity contribution >= 4 is 28.4 Å². The molecule has 6 nitrogen and oxygen atoms in total. The van der Waals surface area contributed by atoms with E-state index in [4.69, 9.17) is 4.74 Å². The second kappa shape index (κ2) is 6.43. The van der Waals surface area contributed by atoms with Crippen LogP contribution in [-0.2, 0) is 20.7 Å². The van der Waals surface area contributed by atoms with Gasteiger partial charge in [0.05, 0.1) is 12.8 Å². The Morgan fingerprint density at radius 3 is 2.76 bits per heavy atom. The number of nitrogens with zero attached hydrogens (tertiary/aromatic N) is 1. The van der Waals surface area contributed by atoms with Gasteiger partial charge in [-0.25, -0.2) is 9.78 Å². The number of nitrogens with one attached hydrogen (secondary N) is 1. The quantitative estimate of drug-likeness (QED) is 0.811. The Morgan fingerprint density at radius 2 is 2.19 bits per heavy atom. The maximum atomic E-state index is 11.8. The number of carboxylic acid groups (broad SMARTS) is 1. The molecular weight excluding hydrogens is 292 g/mol. The Bertz CT molecular complexity index is 541. The summed E-state index contributed by atoms with van der Waals surface area (Å²) in [5, 5.41) is 12.9. The van der Waals surface area contributed by atoms with Gasteiger partial charge in [0.25, 0.3) is 0 Å². The van der Waals surface area contributed by atoms with Gasteiger partial charge in [0.2, 0.25) is 0 Å². The van der Waals surface area contributed by atoms with E-state index in [0.717, 1.165) is 17.7 Å². The molecule has 2 unspecified atom stereocenters. The predicted molar refractivity (Wildman–Crippen MR) is 79.7 cm³/mol. The lowest BCUT2D eigenvalue weighted by Crippen LogP contribution is -2.35. The molecule has 0 saturated heterocycles. The molecule has 2 rings (SSSR count). The molecule has 7 heteroatoms. The topological polar surface area (TPSA) is 88.5 Å². The standard InChI is InChI=1S/C14H20N2O4S/c1-7(2)10(13(19)20-3)15-14-16-11-8(12(17)18)5-4-6-9(11)21-14/h7-8,10H,4-6H2,1-3H3,(H,15,16)(H,17,18). The first-order valence-corrected chi connectivity index (χ1v) is 7.82. The van der Waals surface area contributed by atoms with Crippen molar-refractivity contribution in [3.05, 3.63) is 10.6 Å². The molecule has 1 aromatic heterocycles. The zero-order valence-corrected chi connectivity index (χ0v) is 13.2. The molecule has 0 radical (unpaired) electrons. The van der Waals surface area contributed by atoms with Crippen LogP contribution in [-0.4, -0.2) is 35.2 Å². The number of anilines is 1. The van der Waals surface area contributed by atoms with Crippen molar-refractivity contribution in [2.45, 2.75) is 45.1 Å². The van der Waals surface area contributed by atoms with Crippen LogP contribution in [0.3, 0.4) is 0 Å². The molecule has 0 saturated carbocycles. The minimum absolute atomic E-state index is 0.0497. The SMILES string of the molecule is COC(=O)C(Nc1nc2c(s1)CCCC2C(=O)O)C(C)C. The first-order chi connectivity index (χ1) is 9.93. The summed E-state index contributed by atoms with van der Waals surface area (Å²) in [6.45, 7) is 3.84. The monoisotopic (exact) mass is 312 g/mol. The number of esters is 1. The highest BCUT2D eigenvalue weighted by Crippen LogP contribution is 2.37. The maximum absolute atomic E-state index is 11.8. The summed E-state index contributed by atoms with van der Waals surface area (Å²) >= 11 is 1.44. The van der Waals surface area contributed by atoms with Crippen LogP contribution in [0.2, 0.25) is 0 Å². The summed E-state index contributed by atoms with van der Waals surface area (Å²) in [6, 6.07) is -0.481. The third-order valence-corrected chi connectivity index (χ3v) is 4.72. The summed E-state index contributed by atoms with van der Waals surface area (Å²) < 4.78 is 4.79. The number of aliphatic carboxylic acids is 1. The van der Waals surface area contributed by atoms with Gasteiger partial charge in [-0.3, -0.25) is 4.79 Å². The van der Waals surface area contributed by atoms with Gasteiger partial charge >= 0.3 is 11.9 Å². The van der Waals surface area contributed by atoms with Crippen LogP contribution < -0.4 is 5.32 Å². The molecule has 1 heterocycles. The Balaban J connectivity index is 2.22. The number of hydrogen-bond acceptors (Lipinski definition) is 6. The lowest BCUT2D eigenvalue weighted by molar-refractivity contribution is -0.142. The highest BCUT2D eigenvalue weighted by molar-refractivity contribution is 7.15. The number of aromatic nitrogens is 1. The van der Waals surface area contributed by atoms with Gasteiger partial charge in [-0.15, -0.1) is 11.3 Å². The Kier molecular flexibility index (Phi) is 4.82. The number of carbonyl (C=O) groups is 2. The summed E-state index contributed by atoms with van der Waals surface area (Å²) in [7, 11) is 1.35. The number of fused-ring (bicyclic) bond motifs is 1. The second-order valence-corrected chi connectivity index (χ2v) is 6.58. The molecule has 21 heavy (non-hydrogen) atoms. The van der Waals surface area contributed by atoms with E-state index in [-0.39, 0.29) is 11.9 Å². The van der Waals surface area contributed by atoms with E-state index in [1.165, 1.54) is 18.4 Å². The van der Waals surface area contributed by atoms with Crippen LogP contribution in [0.15, 0.2) is 0 Å². The van der Waals surface area contributed by atoms with Crippen molar-refractivity contribution in [2.75, 3.05) is 12.4 Å². The van der Waals surface area contributed by atoms with Crippen molar-refractivity contribution < 1.29 is 19.4 Å². The number of ether oxygens (including phenoxy) is 1. The Morgan fingerprint density at radius 1 is 1.48 bits per heavy atom. The van der Waals surface area contributed by atoms with Gasteiger partial charge in [-0.2, -0.15) is 0 Å². The van der Waals surface area contributed by atoms with Gasteiger partial charge < -0.3 is 15.2 Å². The van der Waals surface area contributed by atoms with E-state index >= 15 is 0 Å². The number of hydrogen-bond donors (Lipinski definition) is 2. The molecule has 1 aromatic rings. The fourth-order valence-electron chi connectivity index (χ4n) is 2.48. The number of aryl methyl sites for hydroxylation is 1. The Hall–Kier alpha value is -1.63. The Labute approximate surface area is 127 Å². The molecule has 0 spiro atoms. The third-order valence-electron chi connectivity index (χ3n) is 3.65. The second-order valence-electron chi connectivity index (χ2n) is 5.50. The number of thiazole rings is 1. The summed E-state index contributed by atoms with van der Waals surface area (Å²) in [6.07, 6.45) is 2.33. The van der Waals surface area contributed by atoms with Crippen molar-refractivity contribution in [3.63, 3.8) is 0 Å². The number of rotatable bonds is 5. The van der Waals surface area contributed by atoms with Crippen LogP contribution >= 0.6 is 11.3 Å². The smallest absolute Gasteiger partial charge is 0.328 e. The largest absolute Gasteiger partial charge is 0.481 e. The van der Waals surface area contributed by atoms with Gasteiger partial charge in [0.15, 0.2) is 5.13 Å². The van der Waals surface area contributed by atoms with Gasteiger partial charge in [-0.05, 0) is 25.2 Å². The highest BCUT2D eigenvalue weighted by Gasteiger charge is 2.31. The van der Waals surface area contributed by atoms with E-state index in [1.807, 2.05) is 13.8 Å². The average Bonchev–Trinajstić information content (AvgIpc) is 2.85. The van der Waals surface area contributed by atoms with E-state index in [2.05, 4.69) is 10.3 Å². The van der Waals surface area contributed by atoms with Crippen LogP contribution in [0.4, 0.5) is 5.13 Å². The molecule has 0 aliphatic heterocycles. The molecule has 2 atom stereocenters. The van der Waals surface area contributed by atoms with Crippen LogP contribution in [0.5, 0.6) is 0 Å². The van der Waals surface area contributed by atoms with Crippen LogP contribution in [0, 0.1) is 5.92 Å². The van der Waals surface area contributed by atoms with E-state index in [9.17, 15) is 14.7 Å². The van der Waals surface area contributed by atoms with Crippen molar-refractivity contribution in [3.8, 4) is 0 Å². The lowest BCUT2D eigenvalue weighted by atomic mass is 9.91. The van der Waals surface area contributed by atoms with E-state index in [0.29, 0.717) is 17.2 Å².